The third-order valence-electron chi connectivity index (χ3n) is 3.79. The minimum Gasteiger partial charge on any atom is -0.491 e. The topological polar surface area (TPSA) is 84.5 Å². The normalized spacial score (nSPS) is 11.5. The van der Waals surface area contributed by atoms with Crippen molar-refractivity contribution >= 4 is 39.1 Å². The molecule has 2 aromatic carbocycles. The molecule has 9 heteroatoms. The van der Waals surface area contributed by atoms with Crippen LogP contribution in [-0.2, 0) is 27.1 Å². The van der Waals surface area contributed by atoms with Gasteiger partial charge in [0.25, 0.3) is 0 Å². The first kappa shape index (κ1) is 23.5. The number of halogens is 2. The summed E-state index contributed by atoms with van der Waals surface area (Å²) >= 11 is 11.9. The highest BCUT2D eigenvalue weighted by molar-refractivity contribution is 7.88. The molecule has 2 N–H and O–H groups in total. The summed E-state index contributed by atoms with van der Waals surface area (Å²) in [6.07, 6.45) is 0.167. The Bertz CT molecular complexity index is 932. The predicted molar refractivity (Wildman–Crippen MR) is 116 cm³/mol. The van der Waals surface area contributed by atoms with E-state index < -0.39 is 10.0 Å². The first-order valence-corrected chi connectivity index (χ1v) is 11.5. The van der Waals surface area contributed by atoms with Crippen LogP contribution < -0.4 is 14.8 Å². The monoisotopic (exact) mass is 458 g/mol. The van der Waals surface area contributed by atoms with Gasteiger partial charge >= 0.3 is 0 Å². The number of ether oxygens (including phenoxy) is 1. The molecule has 0 aliphatic heterocycles. The average Bonchev–Trinajstić information content (AvgIpc) is 2.63. The summed E-state index contributed by atoms with van der Waals surface area (Å²) in [5, 5.41) is 3.51. The molecule has 2 rings (SSSR count). The van der Waals surface area contributed by atoms with Gasteiger partial charge in [-0.2, -0.15) is 0 Å². The fourth-order valence-corrected chi connectivity index (χ4v) is 4.29. The van der Waals surface area contributed by atoms with E-state index in [1.807, 2.05) is 0 Å². The van der Waals surface area contributed by atoms with E-state index in [2.05, 4.69) is 10.0 Å². The van der Waals surface area contributed by atoms with Crippen LogP contribution in [0.4, 0.5) is 0 Å². The fourth-order valence-electron chi connectivity index (χ4n) is 2.51. The summed E-state index contributed by atoms with van der Waals surface area (Å²) < 4.78 is 32.0. The van der Waals surface area contributed by atoms with E-state index in [4.69, 9.17) is 27.9 Å². The lowest BCUT2D eigenvalue weighted by atomic mass is 10.1. The minimum atomic E-state index is -3.36. The summed E-state index contributed by atoms with van der Waals surface area (Å²) in [5.41, 5.74) is 1.55. The van der Waals surface area contributed by atoms with Crippen LogP contribution in [0.5, 0.6) is 5.75 Å². The zero-order valence-corrected chi connectivity index (χ0v) is 18.6. The molecule has 0 aliphatic rings. The lowest BCUT2D eigenvalue weighted by Crippen LogP contribution is -2.31. The number of hydrogen-bond acceptors (Lipinski definition) is 4. The largest absolute Gasteiger partial charge is 0.491 e. The molecule has 0 saturated heterocycles. The average molecular weight is 459 g/mol. The SMILES string of the molecule is CC(C)NS(=O)(=O)Cc1ccc(CNC(=O)CCOc2cccc(Cl)c2Cl)cc1. The zero-order valence-electron chi connectivity index (χ0n) is 16.2. The van der Waals surface area contributed by atoms with E-state index >= 15 is 0 Å². The predicted octanol–water partition coefficient (Wildman–Crippen LogP) is 3.91. The van der Waals surface area contributed by atoms with Gasteiger partial charge in [0.15, 0.2) is 0 Å². The Labute approximate surface area is 181 Å². The van der Waals surface area contributed by atoms with Crippen LogP contribution in [0.15, 0.2) is 42.5 Å². The molecule has 0 aliphatic carbocycles. The van der Waals surface area contributed by atoms with Crippen LogP contribution >= 0.6 is 23.2 Å². The van der Waals surface area contributed by atoms with E-state index in [1.54, 1.807) is 56.3 Å². The van der Waals surface area contributed by atoms with E-state index in [1.165, 1.54) is 0 Å². The molecule has 6 nitrogen and oxygen atoms in total. The Hall–Kier alpha value is -1.80. The van der Waals surface area contributed by atoms with Gasteiger partial charge in [-0.1, -0.05) is 53.5 Å². The van der Waals surface area contributed by atoms with Crippen molar-refractivity contribution in [2.45, 2.75) is 38.6 Å². The maximum Gasteiger partial charge on any atom is 0.223 e. The maximum atomic E-state index is 12.0. The minimum absolute atomic E-state index is 0.0821. The summed E-state index contributed by atoms with van der Waals surface area (Å²) in [5.74, 6) is 0.182. The Morgan fingerprint density at radius 3 is 2.38 bits per heavy atom. The molecule has 0 unspecified atom stereocenters. The molecule has 1 amide bonds. The number of carbonyl (C=O) groups excluding carboxylic acids is 1. The van der Waals surface area contributed by atoms with Gasteiger partial charge in [0.05, 0.1) is 23.8 Å². The van der Waals surface area contributed by atoms with Crippen LogP contribution in [0.25, 0.3) is 0 Å². The molecule has 0 atom stereocenters. The highest BCUT2D eigenvalue weighted by atomic mass is 35.5. The third-order valence-corrected chi connectivity index (χ3v) is 6.13. The third kappa shape index (κ3) is 8.22. The van der Waals surface area contributed by atoms with Gasteiger partial charge in [0.1, 0.15) is 10.8 Å². The highest BCUT2D eigenvalue weighted by Gasteiger charge is 2.13. The standard InChI is InChI=1S/C20H24Cl2N2O4S/c1-14(2)24-29(26,27)13-16-8-6-15(7-9-16)12-23-19(25)10-11-28-18-5-3-4-17(21)20(18)22/h3-9,14,24H,10-13H2,1-2H3,(H,23,25). The molecule has 0 aromatic heterocycles. The van der Waals surface area contributed by atoms with Crippen LogP contribution in [0.2, 0.25) is 10.0 Å². The molecular weight excluding hydrogens is 435 g/mol. The van der Waals surface area contributed by atoms with E-state index in [-0.39, 0.29) is 30.7 Å². The molecule has 0 radical (unpaired) electrons. The number of benzene rings is 2. The molecule has 158 valence electrons. The fraction of sp³-hybridized carbons (Fsp3) is 0.350. The number of amides is 1. The number of sulfonamides is 1. The number of nitrogens with one attached hydrogen (secondary N) is 2. The van der Waals surface area contributed by atoms with Crippen molar-refractivity contribution in [3.8, 4) is 5.75 Å². The summed E-state index contributed by atoms with van der Waals surface area (Å²) in [6.45, 7) is 4.06. The number of hydrogen-bond donors (Lipinski definition) is 2. The smallest absolute Gasteiger partial charge is 0.223 e. The Morgan fingerprint density at radius 2 is 1.72 bits per heavy atom. The second kappa shape index (κ2) is 10.8. The van der Waals surface area contributed by atoms with Crippen LogP contribution in [0.3, 0.4) is 0 Å². The Balaban J connectivity index is 1.76. The quantitative estimate of drug-likeness (QED) is 0.565. The number of rotatable bonds is 10. The highest BCUT2D eigenvalue weighted by Crippen LogP contribution is 2.31. The van der Waals surface area contributed by atoms with Gasteiger partial charge in [-0.25, -0.2) is 13.1 Å². The molecule has 0 fully saturated rings. The maximum absolute atomic E-state index is 12.0. The summed E-state index contributed by atoms with van der Waals surface area (Å²) in [4.78, 5) is 12.0. The molecule has 0 bridgehead atoms. The van der Waals surface area contributed by atoms with Crippen molar-refractivity contribution in [3.05, 3.63) is 63.6 Å². The molecule has 0 saturated carbocycles. The van der Waals surface area contributed by atoms with Crippen LogP contribution in [-0.4, -0.2) is 27.0 Å². The first-order chi connectivity index (χ1) is 13.7. The van der Waals surface area contributed by atoms with Gasteiger partial charge in [0.2, 0.25) is 15.9 Å². The van der Waals surface area contributed by atoms with Crippen molar-refractivity contribution in [1.29, 1.82) is 0 Å². The van der Waals surface area contributed by atoms with Gasteiger partial charge < -0.3 is 10.1 Å². The van der Waals surface area contributed by atoms with E-state index in [9.17, 15) is 13.2 Å². The Morgan fingerprint density at radius 1 is 1.07 bits per heavy atom. The number of carbonyl (C=O) groups is 1. The first-order valence-electron chi connectivity index (χ1n) is 9.07. The van der Waals surface area contributed by atoms with Crippen molar-refractivity contribution in [3.63, 3.8) is 0 Å². The second-order valence-corrected chi connectivity index (χ2v) is 9.31. The van der Waals surface area contributed by atoms with Crippen molar-refractivity contribution in [1.82, 2.24) is 10.0 Å². The Kier molecular flexibility index (Phi) is 8.77. The lowest BCUT2D eigenvalue weighted by Gasteiger charge is -2.11. The van der Waals surface area contributed by atoms with Crippen molar-refractivity contribution < 1.29 is 17.9 Å². The summed E-state index contributed by atoms with van der Waals surface area (Å²) in [6, 6.07) is 12.0. The van der Waals surface area contributed by atoms with Crippen LogP contribution in [0.1, 0.15) is 31.4 Å². The van der Waals surface area contributed by atoms with Crippen molar-refractivity contribution in [2.24, 2.45) is 0 Å². The summed E-state index contributed by atoms with van der Waals surface area (Å²) in [7, 11) is -3.36. The molecule has 0 spiro atoms. The van der Waals surface area contributed by atoms with Crippen molar-refractivity contribution in [2.75, 3.05) is 6.61 Å². The van der Waals surface area contributed by atoms with Gasteiger partial charge in [0, 0.05) is 12.6 Å². The molecule has 2 aromatic rings. The van der Waals surface area contributed by atoms with E-state index in [0.717, 1.165) is 5.56 Å². The molecule has 0 heterocycles. The van der Waals surface area contributed by atoms with Gasteiger partial charge in [-0.3, -0.25) is 4.79 Å². The molecule has 29 heavy (non-hydrogen) atoms. The second-order valence-electron chi connectivity index (χ2n) is 6.78. The van der Waals surface area contributed by atoms with Gasteiger partial charge in [-0.05, 0) is 37.1 Å². The zero-order chi connectivity index (χ0) is 21.4. The lowest BCUT2D eigenvalue weighted by molar-refractivity contribution is -0.121. The van der Waals surface area contributed by atoms with Gasteiger partial charge in [-0.15, -0.1) is 0 Å². The molecular formula is C20H24Cl2N2O4S. The van der Waals surface area contributed by atoms with Crippen LogP contribution in [0, 0.1) is 0 Å². The van der Waals surface area contributed by atoms with E-state index in [0.29, 0.717) is 27.9 Å².